The first kappa shape index (κ1) is 12.6. The summed E-state index contributed by atoms with van der Waals surface area (Å²) < 4.78 is 30.1. The number of aryl methyl sites for hydroxylation is 2. The number of hydrogen-bond donors (Lipinski definition) is 1. The number of rotatable bonds is 3. The summed E-state index contributed by atoms with van der Waals surface area (Å²) in [6, 6.07) is 0. The fourth-order valence-electron chi connectivity index (χ4n) is 1.46. The van der Waals surface area contributed by atoms with Crippen molar-refractivity contribution in [3.8, 4) is 10.8 Å². The van der Waals surface area contributed by atoms with Crippen molar-refractivity contribution in [2.24, 2.45) is 0 Å². The van der Waals surface area contributed by atoms with Gasteiger partial charge in [-0.2, -0.15) is 0 Å². The standard InChI is InChI=1S/C10H8F2N2O3S/c1-3-7(18-4(2)13-3)9-14-5(8(11)12)6(17-9)10(15)16/h8H,1-2H3,(H,15,16). The number of thiazole rings is 1. The van der Waals surface area contributed by atoms with Gasteiger partial charge in [-0.15, -0.1) is 11.3 Å². The van der Waals surface area contributed by atoms with Crippen LogP contribution < -0.4 is 0 Å². The number of carbonyl (C=O) groups is 1. The number of aromatic carboxylic acids is 1. The highest BCUT2D eigenvalue weighted by atomic mass is 32.1. The Hall–Kier alpha value is -1.83. The molecule has 8 heteroatoms. The summed E-state index contributed by atoms with van der Waals surface area (Å²) in [6.07, 6.45) is -3.00. The van der Waals surface area contributed by atoms with E-state index in [-0.39, 0.29) is 5.89 Å². The number of carboxylic acids is 1. The zero-order valence-corrected chi connectivity index (χ0v) is 10.2. The van der Waals surface area contributed by atoms with E-state index in [1.54, 1.807) is 13.8 Å². The third-order valence-electron chi connectivity index (χ3n) is 2.15. The van der Waals surface area contributed by atoms with Gasteiger partial charge in [-0.05, 0) is 13.8 Å². The molecule has 0 spiro atoms. The average molecular weight is 274 g/mol. The zero-order valence-electron chi connectivity index (χ0n) is 9.40. The van der Waals surface area contributed by atoms with E-state index in [1.807, 2.05) is 0 Å². The Morgan fingerprint density at radius 3 is 2.44 bits per heavy atom. The van der Waals surface area contributed by atoms with Crippen LogP contribution in [0.5, 0.6) is 0 Å². The second-order valence-corrected chi connectivity index (χ2v) is 4.69. The largest absolute Gasteiger partial charge is 0.475 e. The second kappa shape index (κ2) is 4.45. The van der Waals surface area contributed by atoms with Crippen LogP contribution in [0.25, 0.3) is 10.8 Å². The number of nitrogens with zero attached hydrogens (tertiary/aromatic N) is 2. The summed E-state index contributed by atoms with van der Waals surface area (Å²) >= 11 is 1.21. The van der Waals surface area contributed by atoms with Gasteiger partial charge in [-0.1, -0.05) is 0 Å². The summed E-state index contributed by atoms with van der Waals surface area (Å²) in [5.41, 5.74) is -0.292. The van der Waals surface area contributed by atoms with Crippen LogP contribution >= 0.6 is 11.3 Å². The number of oxazole rings is 1. The summed E-state index contributed by atoms with van der Waals surface area (Å²) in [5.74, 6) is -2.53. The minimum absolute atomic E-state index is 0.134. The highest BCUT2D eigenvalue weighted by Gasteiger charge is 2.28. The molecule has 0 radical (unpaired) electrons. The van der Waals surface area contributed by atoms with Gasteiger partial charge in [-0.3, -0.25) is 0 Å². The lowest BCUT2D eigenvalue weighted by molar-refractivity contribution is 0.0647. The van der Waals surface area contributed by atoms with Gasteiger partial charge in [0.25, 0.3) is 6.43 Å². The van der Waals surface area contributed by atoms with Crippen molar-refractivity contribution in [2.45, 2.75) is 20.3 Å². The van der Waals surface area contributed by atoms with Gasteiger partial charge in [0.15, 0.2) is 5.69 Å². The van der Waals surface area contributed by atoms with Crippen LogP contribution in [-0.2, 0) is 0 Å². The van der Waals surface area contributed by atoms with Gasteiger partial charge in [0, 0.05) is 0 Å². The van der Waals surface area contributed by atoms with E-state index < -0.39 is 23.8 Å². The van der Waals surface area contributed by atoms with Gasteiger partial charge >= 0.3 is 5.97 Å². The maximum Gasteiger partial charge on any atom is 0.374 e. The highest BCUT2D eigenvalue weighted by molar-refractivity contribution is 7.15. The Kier molecular flexibility index (Phi) is 3.12. The summed E-state index contributed by atoms with van der Waals surface area (Å²) in [4.78, 5) is 18.9. The van der Waals surface area contributed by atoms with Crippen molar-refractivity contribution < 1.29 is 23.1 Å². The first-order valence-corrected chi connectivity index (χ1v) is 5.68. The van der Waals surface area contributed by atoms with E-state index in [2.05, 4.69) is 9.97 Å². The molecule has 2 rings (SSSR count). The van der Waals surface area contributed by atoms with Crippen LogP contribution in [-0.4, -0.2) is 21.0 Å². The first-order valence-electron chi connectivity index (χ1n) is 4.86. The Balaban J connectivity index is 2.56. The highest BCUT2D eigenvalue weighted by Crippen LogP contribution is 2.33. The fourth-order valence-corrected chi connectivity index (χ4v) is 2.31. The summed E-state index contributed by atoms with van der Waals surface area (Å²) in [7, 11) is 0. The van der Waals surface area contributed by atoms with Gasteiger partial charge < -0.3 is 9.52 Å². The molecule has 0 fully saturated rings. The predicted octanol–water partition coefficient (Wildman–Crippen LogP) is 3.05. The van der Waals surface area contributed by atoms with E-state index >= 15 is 0 Å². The smallest absolute Gasteiger partial charge is 0.374 e. The normalized spacial score (nSPS) is 11.2. The number of hydrogen-bond acceptors (Lipinski definition) is 5. The Morgan fingerprint density at radius 1 is 1.39 bits per heavy atom. The third kappa shape index (κ3) is 2.10. The van der Waals surface area contributed by atoms with Gasteiger partial charge in [0.1, 0.15) is 4.88 Å². The molecule has 0 aromatic carbocycles. The Labute approximate surface area is 104 Å². The molecule has 0 saturated heterocycles. The number of carboxylic acid groups (broad SMARTS) is 1. The third-order valence-corrected chi connectivity index (χ3v) is 3.21. The molecule has 0 saturated carbocycles. The van der Waals surface area contributed by atoms with E-state index in [1.165, 1.54) is 11.3 Å². The molecule has 0 atom stereocenters. The molecule has 18 heavy (non-hydrogen) atoms. The van der Waals surface area contributed by atoms with Crippen molar-refractivity contribution in [1.29, 1.82) is 0 Å². The first-order chi connectivity index (χ1) is 8.40. The lowest BCUT2D eigenvalue weighted by Crippen LogP contribution is -1.99. The molecule has 0 amide bonds. The molecule has 0 unspecified atom stereocenters. The number of halogens is 2. The molecule has 0 aliphatic rings. The molecule has 0 bridgehead atoms. The van der Waals surface area contributed by atoms with Crippen molar-refractivity contribution in [3.05, 3.63) is 22.2 Å². The van der Waals surface area contributed by atoms with Crippen molar-refractivity contribution in [2.75, 3.05) is 0 Å². The Bertz CT molecular complexity index is 606. The maximum atomic E-state index is 12.6. The molecular formula is C10H8F2N2O3S. The number of aromatic nitrogens is 2. The van der Waals surface area contributed by atoms with Crippen molar-refractivity contribution in [1.82, 2.24) is 9.97 Å². The molecule has 2 aromatic rings. The topological polar surface area (TPSA) is 76.2 Å². The SMILES string of the molecule is Cc1nc(C)c(-c2nc(C(F)F)c(C(=O)O)o2)s1. The fraction of sp³-hybridized carbons (Fsp3) is 0.300. The quantitative estimate of drug-likeness (QED) is 0.930. The van der Waals surface area contributed by atoms with E-state index in [0.717, 1.165) is 5.01 Å². The van der Waals surface area contributed by atoms with Crippen LogP contribution in [0.15, 0.2) is 4.42 Å². The monoisotopic (exact) mass is 274 g/mol. The maximum absolute atomic E-state index is 12.6. The van der Waals surface area contributed by atoms with Crippen LogP contribution in [0, 0.1) is 13.8 Å². The minimum atomic E-state index is -3.00. The van der Waals surface area contributed by atoms with E-state index in [4.69, 9.17) is 9.52 Å². The average Bonchev–Trinajstić information content (AvgIpc) is 2.81. The number of alkyl halides is 2. The second-order valence-electron chi connectivity index (χ2n) is 3.49. The summed E-state index contributed by atoms with van der Waals surface area (Å²) in [5, 5.41) is 9.49. The molecule has 0 aliphatic heterocycles. The van der Waals surface area contributed by atoms with Crippen LogP contribution in [0.2, 0.25) is 0 Å². The lowest BCUT2D eigenvalue weighted by atomic mass is 10.3. The van der Waals surface area contributed by atoms with Gasteiger partial charge in [0.05, 0.1) is 10.7 Å². The molecule has 2 heterocycles. The molecule has 1 N–H and O–H groups in total. The van der Waals surface area contributed by atoms with Gasteiger partial charge in [0.2, 0.25) is 11.7 Å². The van der Waals surface area contributed by atoms with E-state index in [9.17, 15) is 13.6 Å². The molecule has 0 aliphatic carbocycles. The summed E-state index contributed by atoms with van der Waals surface area (Å²) in [6.45, 7) is 3.42. The molecular weight excluding hydrogens is 266 g/mol. The predicted molar refractivity (Wildman–Crippen MR) is 59.0 cm³/mol. The lowest BCUT2D eigenvalue weighted by Gasteiger charge is -1.91. The van der Waals surface area contributed by atoms with Crippen LogP contribution in [0.1, 0.15) is 33.4 Å². The zero-order chi connectivity index (χ0) is 13.4. The molecule has 96 valence electrons. The van der Waals surface area contributed by atoms with E-state index in [0.29, 0.717) is 10.6 Å². The van der Waals surface area contributed by atoms with Gasteiger partial charge in [-0.25, -0.2) is 23.5 Å². The van der Waals surface area contributed by atoms with Crippen LogP contribution in [0.3, 0.4) is 0 Å². The Morgan fingerprint density at radius 2 is 2.06 bits per heavy atom. The van der Waals surface area contributed by atoms with Crippen LogP contribution in [0.4, 0.5) is 8.78 Å². The molecule has 2 aromatic heterocycles. The van der Waals surface area contributed by atoms with Crippen molar-refractivity contribution in [3.63, 3.8) is 0 Å². The van der Waals surface area contributed by atoms with Crippen molar-refractivity contribution >= 4 is 17.3 Å². The molecule has 5 nitrogen and oxygen atoms in total. The minimum Gasteiger partial charge on any atom is -0.475 e.